The number of rotatable bonds is 6. The van der Waals surface area contributed by atoms with E-state index in [-0.39, 0.29) is 12.6 Å². The predicted octanol–water partition coefficient (Wildman–Crippen LogP) is 1.38. The zero-order valence-corrected chi connectivity index (χ0v) is 10.4. The van der Waals surface area contributed by atoms with E-state index in [1.165, 1.54) is 0 Å². The van der Waals surface area contributed by atoms with E-state index in [2.05, 4.69) is 0 Å². The Kier molecular flexibility index (Phi) is 5.04. The molecule has 0 bridgehead atoms. The van der Waals surface area contributed by atoms with Crippen LogP contribution in [-0.2, 0) is 14.2 Å². The lowest BCUT2D eigenvalue weighted by Crippen LogP contribution is -2.38. The maximum Gasteiger partial charge on any atom is 0.232 e. The van der Waals surface area contributed by atoms with Gasteiger partial charge in [0.1, 0.15) is 6.10 Å². The Labute approximate surface area is 101 Å². The van der Waals surface area contributed by atoms with Crippen molar-refractivity contribution in [2.24, 2.45) is 0 Å². The van der Waals surface area contributed by atoms with Crippen molar-refractivity contribution < 1.29 is 19.1 Å². The summed E-state index contributed by atoms with van der Waals surface area (Å²) < 4.78 is 16.4. The summed E-state index contributed by atoms with van der Waals surface area (Å²) in [6.45, 7) is 5.81. The highest BCUT2D eigenvalue weighted by Gasteiger charge is 2.39. The van der Waals surface area contributed by atoms with Crippen LogP contribution in [0.2, 0.25) is 0 Å². The predicted molar refractivity (Wildman–Crippen MR) is 61.3 cm³/mol. The molecular formula is C11H19NO5. The Balaban J connectivity index is 2.53. The van der Waals surface area contributed by atoms with E-state index < -0.39 is 16.8 Å². The molecule has 6 nitrogen and oxygen atoms in total. The van der Waals surface area contributed by atoms with Crippen LogP contribution in [0, 0.1) is 10.1 Å². The van der Waals surface area contributed by atoms with Crippen LogP contribution < -0.4 is 0 Å². The number of hydrogen-bond donors (Lipinski definition) is 0. The van der Waals surface area contributed by atoms with Crippen molar-refractivity contribution in [1.29, 1.82) is 0 Å². The zero-order chi connectivity index (χ0) is 12.9. The van der Waals surface area contributed by atoms with E-state index in [0.717, 1.165) is 0 Å². The molecule has 2 atom stereocenters. The van der Waals surface area contributed by atoms with E-state index in [4.69, 9.17) is 14.2 Å². The standard InChI is InChI=1S/C11H19NO5/c1-4-5-6-15-9(7-12(13)14)10-8-16-11(2,3)17-10/h4-5,9-10H,6-8H2,1-3H3/b5-4+/t9-,10+/m0/s1. The minimum Gasteiger partial charge on any atom is -0.364 e. The van der Waals surface area contributed by atoms with Gasteiger partial charge in [0, 0.05) is 4.92 Å². The molecule has 0 aromatic rings. The third-order valence-electron chi connectivity index (χ3n) is 2.42. The summed E-state index contributed by atoms with van der Waals surface area (Å²) in [5.74, 6) is -0.691. The summed E-state index contributed by atoms with van der Waals surface area (Å²) in [6.07, 6.45) is 2.66. The molecule has 17 heavy (non-hydrogen) atoms. The highest BCUT2D eigenvalue weighted by molar-refractivity contribution is 4.81. The molecular weight excluding hydrogens is 226 g/mol. The van der Waals surface area contributed by atoms with Gasteiger partial charge in [0.2, 0.25) is 6.54 Å². The fourth-order valence-corrected chi connectivity index (χ4v) is 1.60. The number of nitrogens with zero attached hydrogens (tertiary/aromatic N) is 1. The van der Waals surface area contributed by atoms with Crippen LogP contribution in [0.1, 0.15) is 20.8 Å². The van der Waals surface area contributed by atoms with Gasteiger partial charge in [-0.1, -0.05) is 12.2 Å². The molecule has 1 aliphatic heterocycles. The Morgan fingerprint density at radius 3 is 2.82 bits per heavy atom. The van der Waals surface area contributed by atoms with Gasteiger partial charge in [0.25, 0.3) is 0 Å². The normalized spacial score (nSPS) is 25.2. The van der Waals surface area contributed by atoms with E-state index in [1.54, 1.807) is 19.9 Å². The Morgan fingerprint density at radius 1 is 1.65 bits per heavy atom. The van der Waals surface area contributed by atoms with Crippen molar-refractivity contribution in [2.45, 2.75) is 38.8 Å². The van der Waals surface area contributed by atoms with Crippen molar-refractivity contribution in [3.8, 4) is 0 Å². The molecule has 0 radical (unpaired) electrons. The van der Waals surface area contributed by atoms with Gasteiger partial charge >= 0.3 is 0 Å². The highest BCUT2D eigenvalue weighted by Crippen LogP contribution is 2.25. The SMILES string of the molecule is C/C=C/CO[C@@H](C[N+](=O)[O-])[C@H]1COC(C)(C)O1. The summed E-state index contributed by atoms with van der Waals surface area (Å²) in [7, 11) is 0. The monoisotopic (exact) mass is 245 g/mol. The summed E-state index contributed by atoms with van der Waals surface area (Å²) in [4.78, 5) is 10.2. The molecule has 6 heteroatoms. The van der Waals surface area contributed by atoms with Gasteiger partial charge in [0.05, 0.1) is 13.2 Å². The Morgan fingerprint density at radius 2 is 2.35 bits per heavy atom. The zero-order valence-electron chi connectivity index (χ0n) is 10.4. The van der Waals surface area contributed by atoms with E-state index >= 15 is 0 Å². The van der Waals surface area contributed by atoms with Crippen LogP contribution in [-0.4, -0.2) is 42.7 Å². The van der Waals surface area contributed by atoms with Crippen molar-refractivity contribution in [3.05, 3.63) is 22.3 Å². The van der Waals surface area contributed by atoms with Crippen molar-refractivity contribution >= 4 is 0 Å². The van der Waals surface area contributed by atoms with Crippen molar-refractivity contribution in [3.63, 3.8) is 0 Å². The van der Waals surface area contributed by atoms with Gasteiger partial charge in [-0.2, -0.15) is 0 Å². The van der Waals surface area contributed by atoms with Crippen LogP contribution in [0.4, 0.5) is 0 Å². The Hall–Kier alpha value is -0.980. The molecule has 0 amide bonds. The minimum absolute atomic E-state index is 0.276. The first-order chi connectivity index (χ1) is 7.94. The molecule has 0 N–H and O–H groups in total. The van der Waals surface area contributed by atoms with Gasteiger partial charge < -0.3 is 14.2 Å². The molecule has 0 aromatic heterocycles. The summed E-state index contributed by atoms with van der Waals surface area (Å²) in [5.41, 5.74) is 0. The average Bonchev–Trinajstić information content (AvgIpc) is 2.57. The molecule has 1 aliphatic rings. The molecule has 0 aromatic carbocycles. The maximum absolute atomic E-state index is 10.6. The number of ether oxygens (including phenoxy) is 3. The lowest BCUT2D eigenvalue weighted by molar-refractivity contribution is -0.494. The van der Waals surface area contributed by atoms with Crippen LogP contribution in [0.15, 0.2) is 12.2 Å². The third kappa shape index (κ3) is 4.80. The smallest absolute Gasteiger partial charge is 0.232 e. The third-order valence-corrected chi connectivity index (χ3v) is 2.42. The number of nitro groups is 1. The Bertz CT molecular complexity index is 290. The number of allylic oxidation sites excluding steroid dienone is 1. The number of hydrogen-bond acceptors (Lipinski definition) is 5. The summed E-state index contributed by atoms with van der Waals surface area (Å²) >= 11 is 0. The second-order valence-corrected chi connectivity index (χ2v) is 4.32. The minimum atomic E-state index is -0.691. The lowest BCUT2D eigenvalue weighted by Gasteiger charge is -2.21. The molecule has 98 valence electrons. The molecule has 0 unspecified atom stereocenters. The lowest BCUT2D eigenvalue weighted by atomic mass is 10.2. The van der Waals surface area contributed by atoms with Crippen molar-refractivity contribution in [1.82, 2.24) is 0 Å². The summed E-state index contributed by atoms with van der Waals surface area (Å²) in [5, 5.41) is 10.6. The van der Waals surface area contributed by atoms with Gasteiger partial charge in [0.15, 0.2) is 11.9 Å². The first kappa shape index (κ1) is 14.1. The molecule has 1 fully saturated rings. The topological polar surface area (TPSA) is 70.8 Å². The molecule has 0 aliphatic carbocycles. The van der Waals surface area contributed by atoms with Gasteiger partial charge in [-0.3, -0.25) is 10.1 Å². The molecule has 1 saturated heterocycles. The molecule has 0 spiro atoms. The van der Waals surface area contributed by atoms with Crippen LogP contribution in [0.3, 0.4) is 0 Å². The second-order valence-electron chi connectivity index (χ2n) is 4.32. The quantitative estimate of drug-likeness (QED) is 0.401. The van der Waals surface area contributed by atoms with Gasteiger partial charge in [-0.05, 0) is 20.8 Å². The van der Waals surface area contributed by atoms with Gasteiger partial charge in [-0.25, -0.2) is 0 Å². The van der Waals surface area contributed by atoms with E-state index in [0.29, 0.717) is 13.2 Å². The van der Waals surface area contributed by atoms with Crippen LogP contribution in [0.25, 0.3) is 0 Å². The van der Waals surface area contributed by atoms with Crippen LogP contribution in [0.5, 0.6) is 0 Å². The molecule has 1 rings (SSSR count). The highest BCUT2D eigenvalue weighted by atomic mass is 16.7. The maximum atomic E-state index is 10.6. The van der Waals surface area contributed by atoms with E-state index in [1.807, 2.05) is 13.0 Å². The fraction of sp³-hybridized carbons (Fsp3) is 0.818. The fourth-order valence-electron chi connectivity index (χ4n) is 1.60. The van der Waals surface area contributed by atoms with Crippen molar-refractivity contribution in [2.75, 3.05) is 19.8 Å². The molecule has 0 saturated carbocycles. The molecule has 1 heterocycles. The van der Waals surface area contributed by atoms with E-state index in [9.17, 15) is 10.1 Å². The first-order valence-electron chi connectivity index (χ1n) is 5.61. The van der Waals surface area contributed by atoms with Crippen LogP contribution >= 0.6 is 0 Å². The second kappa shape index (κ2) is 6.09. The summed E-state index contributed by atoms with van der Waals surface area (Å²) in [6, 6.07) is 0. The van der Waals surface area contributed by atoms with Gasteiger partial charge in [-0.15, -0.1) is 0 Å². The average molecular weight is 245 g/mol. The largest absolute Gasteiger partial charge is 0.364 e. The first-order valence-corrected chi connectivity index (χ1v) is 5.61.